The molecule has 0 aromatic heterocycles. The minimum atomic E-state index is -0.0956. The molecule has 0 unspecified atom stereocenters. The molecule has 0 amide bonds. The predicted molar refractivity (Wildman–Crippen MR) is 38.1 cm³/mol. The first kappa shape index (κ1) is 8.17. The first-order valence-electron chi connectivity index (χ1n) is 2.74. The molecule has 0 aliphatic rings. The molecule has 3 nitrogen and oxygen atoms in total. The maximum Gasteiger partial charge on any atom is 0.0867 e. The summed E-state index contributed by atoms with van der Waals surface area (Å²) in [5.74, 6) is 0. The fourth-order valence-corrected chi connectivity index (χ4v) is 0.413. The molecule has 3 heteroatoms. The molecule has 0 spiro atoms. The molecule has 0 aliphatic carbocycles. The summed E-state index contributed by atoms with van der Waals surface area (Å²) in [4.78, 5) is 3.92. The molecule has 0 radical (unpaired) electrons. The predicted octanol–water partition coefficient (Wildman–Crippen LogP) is 0.260. The standard InChI is InChI=1S/C6H12N2O/c1-5(2)8-6(3-7)4-9/h3,9H,4,7H2,1-2H3/b6-3-. The van der Waals surface area contributed by atoms with Crippen LogP contribution in [0.25, 0.3) is 0 Å². The third kappa shape index (κ3) is 3.73. The number of aliphatic imine (C=N–C) groups is 1. The third-order valence-corrected chi connectivity index (χ3v) is 0.722. The summed E-state index contributed by atoms with van der Waals surface area (Å²) in [5, 5.41) is 8.52. The van der Waals surface area contributed by atoms with Crippen LogP contribution >= 0.6 is 0 Å². The van der Waals surface area contributed by atoms with Crippen LogP contribution in [0.4, 0.5) is 0 Å². The van der Waals surface area contributed by atoms with Crippen molar-refractivity contribution >= 4 is 5.71 Å². The molecule has 0 saturated heterocycles. The SMILES string of the molecule is CC(C)=N/C(=C\N)CO. The van der Waals surface area contributed by atoms with Gasteiger partial charge < -0.3 is 10.8 Å². The molecular weight excluding hydrogens is 116 g/mol. The van der Waals surface area contributed by atoms with Crippen LogP contribution in [0.2, 0.25) is 0 Å². The van der Waals surface area contributed by atoms with Gasteiger partial charge >= 0.3 is 0 Å². The van der Waals surface area contributed by atoms with Crippen LogP contribution in [-0.4, -0.2) is 17.4 Å². The van der Waals surface area contributed by atoms with E-state index < -0.39 is 0 Å². The number of nitrogens with two attached hydrogens (primary N) is 1. The lowest BCUT2D eigenvalue weighted by molar-refractivity contribution is 0.329. The Bertz CT molecular complexity index is 134. The molecule has 0 rings (SSSR count). The topological polar surface area (TPSA) is 58.6 Å². The molecule has 0 fully saturated rings. The average Bonchev–Trinajstić information content (AvgIpc) is 1.82. The Hall–Kier alpha value is -0.830. The van der Waals surface area contributed by atoms with Gasteiger partial charge in [-0.2, -0.15) is 0 Å². The molecule has 0 aromatic rings. The largest absolute Gasteiger partial charge is 0.403 e. The number of aliphatic hydroxyl groups is 1. The van der Waals surface area contributed by atoms with Crippen molar-refractivity contribution in [2.45, 2.75) is 13.8 Å². The van der Waals surface area contributed by atoms with Crippen molar-refractivity contribution in [2.24, 2.45) is 10.7 Å². The second kappa shape index (κ2) is 4.09. The lowest BCUT2D eigenvalue weighted by atomic mass is 10.4. The molecule has 3 N–H and O–H groups in total. The maximum absolute atomic E-state index is 8.52. The Morgan fingerprint density at radius 3 is 2.33 bits per heavy atom. The highest BCUT2D eigenvalue weighted by Gasteiger charge is 1.87. The van der Waals surface area contributed by atoms with E-state index in [0.29, 0.717) is 5.70 Å². The van der Waals surface area contributed by atoms with Gasteiger partial charge in [0.15, 0.2) is 0 Å². The minimum absolute atomic E-state index is 0.0956. The Balaban J connectivity index is 4.01. The zero-order valence-corrected chi connectivity index (χ0v) is 5.76. The quantitative estimate of drug-likeness (QED) is 0.524. The first-order chi connectivity index (χ1) is 4.20. The molecule has 9 heavy (non-hydrogen) atoms. The van der Waals surface area contributed by atoms with E-state index >= 15 is 0 Å². The van der Waals surface area contributed by atoms with Crippen LogP contribution in [0.1, 0.15) is 13.8 Å². The molecule has 52 valence electrons. The van der Waals surface area contributed by atoms with Gasteiger partial charge in [-0.3, -0.25) is 4.99 Å². The summed E-state index contributed by atoms with van der Waals surface area (Å²) in [6.07, 6.45) is 1.30. The van der Waals surface area contributed by atoms with Crippen molar-refractivity contribution < 1.29 is 5.11 Å². The highest BCUT2D eigenvalue weighted by Crippen LogP contribution is 1.91. The van der Waals surface area contributed by atoms with Crippen molar-refractivity contribution in [1.29, 1.82) is 0 Å². The Morgan fingerprint density at radius 1 is 1.67 bits per heavy atom. The number of nitrogens with zero attached hydrogens (tertiary/aromatic N) is 1. The van der Waals surface area contributed by atoms with Crippen LogP contribution in [0, 0.1) is 0 Å². The smallest absolute Gasteiger partial charge is 0.0867 e. The van der Waals surface area contributed by atoms with Gasteiger partial charge in [-0.1, -0.05) is 0 Å². The van der Waals surface area contributed by atoms with Gasteiger partial charge in [-0.15, -0.1) is 0 Å². The van der Waals surface area contributed by atoms with Gasteiger partial charge in [0.1, 0.15) is 0 Å². The molecular formula is C6H12N2O. The highest BCUT2D eigenvalue weighted by molar-refractivity contribution is 5.80. The summed E-state index contributed by atoms with van der Waals surface area (Å²) < 4.78 is 0. The molecule has 0 aliphatic heterocycles. The average molecular weight is 128 g/mol. The van der Waals surface area contributed by atoms with Gasteiger partial charge in [0, 0.05) is 11.9 Å². The summed E-state index contributed by atoms with van der Waals surface area (Å²) >= 11 is 0. The maximum atomic E-state index is 8.52. The second-order valence-corrected chi connectivity index (χ2v) is 1.88. The molecule has 0 aromatic carbocycles. The summed E-state index contributed by atoms with van der Waals surface area (Å²) in [6, 6.07) is 0. The normalized spacial score (nSPS) is 11.2. The van der Waals surface area contributed by atoms with Crippen LogP contribution < -0.4 is 5.73 Å². The van der Waals surface area contributed by atoms with Crippen molar-refractivity contribution in [3.05, 3.63) is 11.9 Å². The number of hydrogen-bond donors (Lipinski definition) is 2. The number of hydrogen-bond acceptors (Lipinski definition) is 3. The molecule has 0 heterocycles. The molecule has 0 atom stereocenters. The van der Waals surface area contributed by atoms with Crippen molar-refractivity contribution in [3.8, 4) is 0 Å². The second-order valence-electron chi connectivity index (χ2n) is 1.88. The zero-order chi connectivity index (χ0) is 7.28. The van der Waals surface area contributed by atoms with Crippen molar-refractivity contribution in [3.63, 3.8) is 0 Å². The summed E-state index contributed by atoms with van der Waals surface area (Å²) in [7, 11) is 0. The van der Waals surface area contributed by atoms with Gasteiger partial charge in [-0.05, 0) is 13.8 Å². The van der Waals surface area contributed by atoms with E-state index in [1.54, 1.807) is 0 Å². The number of aliphatic hydroxyl groups excluding tert-OH is 1. The van der Waals surface area contributed by atoms with Crippen LogP contribution in [0.15, 0.2) is 16.9 Å². The van der Waals surface area contributed by atoms with Crippen molar-refractivity contribution in [2.75, 3.05) is 6.61 Å². The van der Waals surface area contributed by atoms with Crippen LogP contribution in [0.5, 0.6) is 0 Å². The third-order valence-electron chi connectivity index (χ3n) is 0.722. The Morgan fingerprint density at radius 2 is 2.22 bits per heavy atom. The Kier molecular flexibility index (Phi) is 3.71. The lowest BCUT2D eigenvalue weighted by Crippen LogP contribution is -1.94. The highest BCUT2D eigenvalue weighted by atomic mass is 16.3. The first-order valence-corrected chi connectivity index (χ1v) is 2.74. The fraction of sp³-hybridized carbons (Fsp3) is 0.500. The lowest BCUT2D eigenvalue weighted by Gasteiger charge is -1.93. The van der Waals surface area contributed by atoms with Gasteiger partial charge in [-0.25, -0.2) is 0 Å². The van der Waals surface area contributed by atoms with E-state index in [9.17, 15) is 0 Å². The molecule has 0 bridgehead atoms. The Labute approximate surface area is 54.9 Å². The van der Waals surface area contributed by atoms with Gasteiger partial charge in [0.2, 0.25) is 0 Å². The fourth-order valence-electron chi connectivity index (χ4n) is 0.413. The van der Waals surface area contributed by atoms with Crippen LogP contribution in [0.3, 0.4) is 0 Å². The van der Waals surface area contributed by atoms with Crippen LogP contribution in [-0.2, 0) is 0 Å². The van der Waals surface area contributed by atoms with Gasteiger partial charge in [0.25, 0.3) is 0 Å². The van der Waals surface area contributed by atoms with E-state index in [1.807, 2.05) is 13.8 Å². The minimum Gasteiger partial charge on any atom is -0.403 e. The van der Waals surface area contributed by atoms with E-state index in [4.69, 9.17) is 10.8 Å². The van der Waals surface area contributed by atoms with Gasteiger partial charge in [0.05, 0.1) is 12.3 Å². The van der Waals surface area contributed by atoms with E-state index in [2.05, 4.69) is 4.99 Å². The van der Waals surface area contributed by atoms with E-state index in [-0.39, 0.29) is 6.61 Å². The van der Waals surface area contributed by atoms with Crippen molar-refractivity contribution in [1.82, 2.24) is 0 Å². The summed E-state index contributed by atoms with van der Waals surface area (Å²) in [6.45, 7) is 3.60. The zero-order valence-electron chi connectivity index (χ0n) is 5.76. The van der Waals surface area contributed by atoms with E-state index in [1.165, 1.54) is 6.20 Å². The molecule has 0 saturated carbocycles. The number of rotatable bonds is 2. The monoisotopic (exact) mass is 128 g/mol. The van der Waals surface area contributed by atoms with E-state index in [0.717, 1.165) is 5.71 Å². The summed E-state index contributed by atoms with van der Waals surface area (Å²) in [5.41, 5.74) is 6.50.